The van der Waals surface area contributed by atoms with Crippen molar-refractivity contribution in [2.75, 3.05) is 11.9 Å². The van der Waals surface area contributed by atoms with Gasteiger partial charge in [0.2, 0.25) is 11.8 Å². The molecule has 0 aromatic heterocycles. The first kappa shape index (κ1) is 12.9. The second-order valence-electron chi connectivity index (χ2n) is 4.26. The van der Waals surface area contributed by atoms with E-state index in [9.17, 15) is 9.59 Å². The van der Waals surface area contributed by atoms with Crippen molar-refractivity contribution in [3.05, 3.63) is 28.8 Å². The molecule has 2 amide bonds. The van der Waals surface area contributed by atoms with Crippen LogP contribution in [0.25, 0.3) is 0 Å². The lowest BCUT2D eigenvalue weighted by Gasteiger charge is -2.08. The van der Waals surface area contributed by atoms with Gasteiger partial charge in [-0.05, 0) is 31.0 Å². The Balaban J connectivity index is 1.99. The molecule has 0 saturated heterocycles. The summed E-state index contributed by atoms with van der Waals surface area (Å²) in [7, 11) is 0. The van der Waals surface area contributed by atoms with Crippen LogP contribution in [0.5, 0.6) is 0 Å². The molecule has 1 aliphatic rings. The van der Waals surface area contributed by atoms with Gasteiger partial charge in [0.25, 0.3) is 0 Å². The monoisotopic (exact) mass is 267 g/mol. The summed E-state index contributed by atoms with van der Waals surface area (Å²) in [4.78, 5) is 22.7. The molecule has 1 saturated carbocycles. The van der Waals surface area contributed by atoms with Gasteiger partial charge in [-0.2, -0.15) is 0 Å². The highest BCUT2D eigenvalue weighted by atomic mass is 35.5. The quantitative estimate of drug-likeness (QED) is 0.748. The SMILES string of the molecule is NC(=O)c1ccc(Cl)c(NC(=O)CNC2CC2)c1. The molecule has 1 aromatic carbocycles. The number of halogens is 1. The number of hydrogen-bond donors (Lipinski definition) is 3. The third-order valence-electron chi connectivity index (χ3n) is 2.65. The fraction of sp³-hybridized carbons (Fsp3) is 0.333. The Hall–Kier alpha value is -1.59. The summed E-state index contributed by atoms with van der Waals surface area (Å²) in [6.07, 6.45) is 2.23. The second kappa shape index (κ2) is 5.37. The van der Waals surface area contributed by atoms with Crippen molar-refractivity contribution in [2.24, 2.45) is 5.73 Å². The Labute approximate surface area is 110 Å². The van der Waals surface area contributed by atoms with Crippen LogP contribution in [0.2, 0.25) is 5.02 Å². The molecule has 0 heterocycles. The highest BCUT2D eigenvalue weighted by molar-refractivity contribution is 6.33. The number of anilines is 1. The van der Waals surface area contributed by atoms with E-state index < -0.39 is 5.91 Å². The maximum atomic E-state index is 11.6. The topological polar surface area (TPSA) is 84.2 Å². The van der Waals surface area contributed by atoms with Gasteiger partial charge in [-0.3, -0.25) is 9.59 Å². The molecule has 0 aliphatic heterocycles. The molecule has 1 fully saturated rings. The van der Waals surface area contributed by atoms with E-state index in [4.69, 9.17) is 17.3 Å². The lowest BCUT2D eigenvalue weighted by atomic mass is 10.2. The van der Waals surface area contributed by atoms with E-state index in [0.717, 1.165) is 12.8 Å². The molecular formula is C12H14ClN3O2. The van der Waals surface area contributed by atoms with Crippen LogP contribution in [0, 0.1) is 0 Å². The van der Waals surface area contributed by atoms with E-state index in [1.165, 1.54) is 18.2 Å². The van der Waals surface area contributed by atoms with E-state index >= 15 is 0 Å². The highest BCUT2D eigenvalue weighted by Crippen LogP contribution is 2.23. The number of primary amides is 1. The first-order valence-corrected chi connectivity index (χ1v) is 6.06. The van der Waals surface area contributed by atoms with Gasteiger partial charge in [0.1, 0.15) is 0 Å². The fourth-order valence-electron chi connectivity index (χ4n) is 1.49. The van der Waals surface area contributed by atoms with Crippen molar-refractivity contribution in [3.63, 3.8) is 0 Å². The van der Waals surface area contributed by atoms with Crippen molar-refractivity contribution in [1.82, 2.24) is 5.32 Å². The van der Waals surface area contributed by atoms with Crippen LogP contribution in [-0.4, -0.2) is 24.4 Å². The van der Waals surface area contributed by atoms with Crippen LogP contribution < -0.4 is 16.4 Å². The van der Waals surface area contributed by atoms with Crippen LogP contribution in [0.15, 0.2) is 18.2 Å². The normalized spacial score (nSPS) is 14.3. The number of nitrogens with one attached hydrogen (secondary N) is 2. The predicted molar refractivity (Wildman–Crippen MR) is 69.6 cm³/mol. The van der Waals surface area contributed by atoms with Gasteiger partial charge in [-0.25, -0.2) is 0 Å². The zero-order valence-corrected chi connectivity index (χ0v) is 10.5. The third kappa shape index (κ3) is 3.45. The minimum absolute atomic E-state index is 0.189. The second-order valence-corrected chi connectivity index (χ2v) is 4.67. The fourth-order valence-corrected chi connectivity index (χ4v) is 1.66. The summed E-state index contributed by atoms with van der Waals surface area (Å²) >= 11 is 5.93. The highest BCUT2D eigenvalue weighted by Gasteiger charge is 2.21. The largest absolute Gasteiger partial charge is 0.366 e. The lowest BCUT2D eigenvalue weighted by Crippen LogP contribution is -2.29. The Bertz CT molecular complexity index is 486. The van der Waals surface area contributed by atoms with Crippen LogP contribution in [-0.2, 0) is 4.79 Å². The minimum Gasteiger partial charge on any atom is -0.366 e. The van der Waals surface area contributed by atoms with Gasteiger partial charge in [0.05, 0.1) is 17.3 Å². The zero-order chi connectivity index (χ0) is 13.1. The first-order chi connectivity index (χ1) is 8.56. The van der Waals surface area contributed by atoms with Crippen LogP contribution in [0.4, 0.5) is 5.69 Å². The molecule has 0 atom stereocenters. The summed E-state index contributed by atoms with van der Waals surface area (Å²) in [5.41, 5.74) is 5.87. The maximum absolute atomic E-state index is 11.6. The van der Waals surface area contributed by atoms with E-state index in [1.54, 1.807) is 0 Å². The molecule has 0 radical (unpaired) electrons. The molecular weight excluding hydrogens is 254 g/mol. The molecule has 1 aliphatic carbocycles. The number of rotatable bonds is 5. The van der Waals surface area contributed by atoms with Crippen molar-refractivity contribution >= 4 is 29.1 Å². The first-order valence-electron chi connectivity index (χ1n) is 5.69. The maximum Gasteiger partial charge on any atom is 0.248 e. The molecule has 4 N–H and O–H groups in total. The standard InChI is InChI=1S/C12H14ClN3O2/c13-9-4-1-7(12(14)18)5-10(9)16-11(17)6-15-8-2-3-8/h1,4-5,8,15H,2-3,6H2,(H2,14,18)(H,16,17). The average Bonchev–Trinajstić information content (AvgIpc) is 3.13. The van der Waals surface area contributed by atoms with Crippen LogP contribution in [0.1, 0.15) is 23.2 Å². The average molecular weight is 268 g/mol. The molecule has 5 nitrogen and oxygen atoms in total. The van der Waals surface area contributed by atoms with E-state index in [2.05, 4.69) is 10.6 Å². The third-order valence-corrected chi connectivity index (χ3v) is 2.98. The van der Waals surface area contributed by atoms with Crippen LogP contribution >= 0.6 is 11.6 Å². The Kier molecular flexibility index (Phi) is 3.84. The van der Waals surface area contributed by atoms with E-state index in [-0.39, 0.29) is 12.5 Å². The van der Waals surface area contributed by atoms with Crippen LogP contribution in [0.3, 0.4) is 0 Å². The molecule has 0 spiro atoms. The number of amides is 2. The molecule has 6 heteroatoms. The molecule has 96 valence electrons. The number of nitrogens with two attached hydrogens (primary N) is 1. The summed E-state index contributed by atoms with van der Waals surface area (Å²) in [6.45, 7) is 0.238. The zero-order valence-electron chi connectivity index (χ0n) is 9.70. The Morgan fingerprint density at radius 3 is 2.72 bits per heavy atom. The summed E-state index contributed by atoms with van der Waals surface area (Å²) in [5, 5.41) is 6.11. The van der Waals surface area contributed by atoms with Gasteiger partial charge in [0, 0.05) is 11.6 Å². The predicted octanol–water partition coefficient (Wildman–Crippen LogP) is 1.13. The molecule has 2 rings (SSSR count). The van der Waals surface area contributed by atoms with Crippen molar-refractivity contribution in [3.8, 4) is 0 Å². The van der Waals surface area contributed by atoms with Crippen molar-refractivity contribution < 1.29 is 9.59 Å². The Morgan fingerprint density at radius 1 is 1.39 bits per heavy atom. The van der Waals surface area contributed by atoms with Gasteiger partial charge in [-0.15, -0.1) is 0 Å². The number of carbonyl (C=O) groups is 2. The Morgan fingerprint density at radius 2 is 2.11 bits per heavy atom. The van der Waals surface area contributed by atoms with Gasteiger partial charge in [0.15, 0.2) is 0 Å². The minimum atomic E-state index is -0.557. The van der Waals surface area contributed by atoms with Crippen molar-refractivity contribution in [1.29, 1.82) is 0 Å². The molecule has 0 unspecified atom stereocenters. The smallest absolute Gasteiger partial charge is 0.248 e. The molecule has 18 heavy (non-hydrogen) atoms. The van der Waals surface area contributed by atoms with E-state index in [1.807, 2.05) is 0 Å². The number of benzene rings is 1. The summed E-state index contributed by atoms with van der Waals surface area (Å²) in [5.74, 6) is -0.747. The summed E-state index contributed by atoms with van der Waals surface area (Å²) in [6, 6.07) is 4.98. The molecule has 0 bridgehead atoms. The van der Waals surface area contributed by atoms with Gasteiger partial charge < -0.3 is 16.4 Å². The molecule has 1 aromatic rings. The van der Waals surface area contributed by atoms with E-state index in [0.29, 0.717) is 22.3 Å². The lowest BCUT2D eigenvalue weighted by molar-refractivity contribution is -0.115. The van der Waals surface area contributed by atoms with Gasteiger partial charge >= 0.3 is 0 Å². The van der Waals surface area contributed by atoms with Gasteiger partial charge in [-0.1, -0.05) is 11.6 Å². The number of carbonyl (C=O) groups excluding carboxylic acids is 2. The van der Waals surface area contributed by atoms with Crippen molar-refractivity contribution in [2.45, 2.75) is 18.9 Å². The number of hydrogen-bond acceptors (Lipinski definition) is 3. The summed E-state index contributed by atoms with van der Waals surface area (Å²) < 4.78 is 0.